The molecule has 1 amide bonds. The van der Waals surface area contributed by atoms with Crippen molar-refractivity contribution < 1.29 is 14.3 Å². The number of rotatable bonds is 2. The fourth-order valence-electron chi connectivity index (χ4n) is 1.84. The summed E-state index contributed by atoms with van der Waals surface area (Å²) in [5.41, 5.74) is 1.27. The van der Waals surface area contributed by atoms with Gasteiger partial charge in [-0.25, -0.2) is 9.59 Å². The van der Waals surface area contributed by atoms with E-state index in [1.807, 2.05) is 0 Å². The quantitative estimate of drug-likeness (QED) is 0.454. The third-order valence-electron chi connectivity index (χ3n) is 2.82. The molecule has 94 valence electrons. The molecule has 1 aromatic carbocycles. The highest BCUT2D eigenvalue weighted by atomic mass is 16.6. The van der Waals surface area contributed by atoms with Gasteiger partial charge in [-0.1, -0.05) is 0 Å². The van der Waals surface area contributed by atoms with Gasteiger partial charge in [0.25, 0.3) is 0 Å². The molecule has 0 radical (unpaired) electrons. The van der Waals surface area contributed by atoms with E-state index < -0.39 is 16.5 Å². The first-order valence-corrected chi connectivity index (χ1v) is 5.58. The minimum atomic E-state index is -1.09. The van der Waals surface area contributed by atoms with Gasteiger partial charge in [0.15, 0.2) is 0 Å². The van der Waals surface area contributed by atoms with Crippen molar-refractivity contribution in [3.63, 3.8) is 0 Å². The van der Waals surface area contributed by atoms with Crippen LogP contribution in [0.4, 0.5) is 5.69 Å². The number of likely N-dealkylation sites (N-methyl/N-ethyl adjacent to an activating group) is 1. The number of carbonyl (C=O) groups is 2. The monoisotopic (exact) mass is 247 g/mol. The van der Waals surface area contributed by atoms with Crippen molar-refractivity contribution in [1.82, 2.24) is 4.65 Å². The van der Waals surface area contributed by atoms with Gasteiger partial charge in [-0.05, 0) is 25.1 Å². The fraction of sp³-hybridized carbons (Fsp3) is 0.231. The van der Waals surface area contributed by atoms with Gasteiger partial charge in [0.1, 0.15) is 5.69 Å². The zero-order chi connectivity index (χ0) is 13.3. The molecule has 0 saturated carbocycles. The molecule has 0 aliphatic carbocycles. The minimum Gasteiger partial charge on any atom is -0.620 e. The molecule has 1 heterocycles. The van der Waals surface area contributed by atoms with Gasteiger partial charge in [-0.15, -0.1) is 0 Å². The van der Waals surface area contributed by atoms with E-state index >= 15 is 0 Å². The number of hydrogen-bond donors (Lipinski definition) is 0. The number of esters is 1. The predicted octanol–water partition coefficient (Wildman–Crippen LogP) is 1.85. The molecule has 5 heteroatoms. The zero-order valence-electron chi connectivity index (χ0n) is 10.2. The standard InChI is InChI=1S/C13H13NO4/c1-3-18-13(16)10-4-6-11-9(8-10)5-7-12(15)14(11,2)17/h4-8H,3H2,1-2H3. The van der Waals surface area contributed by atoms with E-state index in [1.165, 1.54) is 31.3 Å². The van der Waals surface area contributed by atoms with E-state index in [0.717, 1.165) is 0 Å². The van der Waals surface area contributed by atoms with Crippen LogP contribution >= 0.6 is 0 Å². The van der Waals surface area contributed by atoms with Crippen molar-refractivity contribution in [2.24, 2.45) is 0 Å². The number of nitrogens with zero attached hydrogens (tertiary/aromatic N) is 1. The molecule has 1 aliphatic rings. The second-order valence-electron chi connectivity index (χ2n) is 4.09. The van der Waals surface area contributed by atoms with Gasteiger partial charge in [0.2, 0.25) is 0 Å². The van der Waals surface area contributed by atoms with Crippen LogP contribution in [-0.2, 0) is 9.53 Å². The third kappa shape index (κ3) is 1.94. The summed E-state index contributed by atoms with van der Waals surface area (Å²) < 4.78 is 3.79. The molecular weight excluding hydrogens is 234 g/mol. The summed E-state index contributed by atoms with van der Waals surface area (Å²) in [4.78, 5) is 23.0. The number of ether oxygens (including phenoxy) is 1. The number of carbonyl (C=O) groups excluding carboxylic acids is 2. The van der Waals surface area contributed by atoms with E-state index in [9.17, 15) is 14.8 Å². The molecular formula is C13H13NO4. The number of hydrogen-bond acceptors (Lipinski definition) is 4. The van der Waals surface area contributed by atoms with Crippen molar-refractivity contribution in [3.8, 4) is 0 Å². The topological polar surface area (TPSA) is 66.4 Å². The van der Waals surface area contributed by atoms with Crippen molar-refractivity contribution >= 4 is 23.6 Å². The normalized spacial score (nSPS) is 21.6. The first-order chi connectivity index (χ1) is 8.46. The largest absolute Gasteiger partial charge is 0.620 e. The lowest BCUT2D eigenvalue weighted by Crippen LogP contribution is -2.45. The van der Waals surface area contributed by atoms with Gasteiger partial charge in [0.05, 0.1) is 19.2 Å². The van der Waals surface area contributed by atoms with Crippen molar-refractivity contribution in [1.29, 1.82) is 0 Å². The van der Waals surface area contributed by atoms with Crippen LogP contribution in [0.1, 0.15) is 22.8 Å². The molecule has 2 rings (SSSR count). The van der Waals surface area contributed by atoms with Gasteiger partial charge < -0.3 is 9.94 Å². The van der Waals surface area contributed by atoms with Crippen LogP contribution in [0.2, 0.25) is 0 Å². The number of benzene rings is 1. The van der Waals surface area contributed by atoms with Crippen LogP contribution in [0.3, 0.4) is 0 Å². The van der Waals surface area contributed by atoms with Crippen LogP contribution in [0, 0.1) is 5.21 Å². The summed E-state index contributed by atoms with van der Waals surface area (Å²) >= 11 is 0. The Bertz CT molecular complexity index is 546. The van der Waals surface area contributed by atoms with E-state index in [4.69, 9.17) is 4.74 Å². The van der Waals surface area contributed by atoms with Gasteiger partial charge in [0, 0.05) is 17.7 Å². The Kier molecular flexibility index (Phi) is 3.02. The Hall–Kier alpha value is -1.98. The molecule has 0 N–H and O–H groups in total. The summed E-state index contributed by atoms with van der Waals surface area (Å²) in [6.07, 6.45) is 2.77. The Morgan fingerprint density at radius 1 is 1.39 bits per heavy atom. The van der Waals surface area contributed by atoms with E-state index in [2.05, 4.69) is 0 Å². The summed E-state index contributed by atoms with van der Waals surface area (Å²) in [6.45, 7) is 2.01. The highest BCUT2D eigenvalue weighted by Crippen LogP contribution is 2.31. The summed E-state index contributed by atoms with van der Waals surface area (Å²) in [5, 5.41) is 12.1. The third-order valence-corrected chi connectivity index (χ3v) is 2.82. The number of amides is 1. The Labute approximate surface area is 104 Å². The van der Waals surface area contributed by atoms with Gasteiger partial charge >= 0.3 is 11.9 Å². The molecule has 1 aliphatic heterocycles. The zero-order valence-corrected chi connectivity index (χ0v) is 10.2. The first kappa shape index (κ1) is 12.5. The van der Waals surface area contributed by atoms with Crippen LogP contribution in [0.5, 0.6) is 0 Å². The molecule has 0 spiro atoms. The van der Waals surface area contributed by atoms with Crippen LogP contribution in [0.25, 0.3) is 6.08 Å². The lowest BCUT2D eigenvalue weighted by molar-refractivity contribution is -0.122. The lowest BCUT2D eigenvalue weighted by atomic mass is 10.0. The van der Waals surface area contributed by atoms with E-state index in [0.29, 0.717) is 23.4 Å². The maximum Gasteiger partial charge on any atom is 0.343 e. The molecule has 1 atom stereocenters. The van der Waals surface area contributed by atoms with Crippen LogP contribution in [0.15, 0.2) is 24.3 Å². The average Bonchev–Trinajstić information content (AvgIpc) is 2.34. The van der Waals surface area contributed by atoms with Crippen molar-refractivity contribution in [2.45, 2.75) is 6.92 Å². The van der Waals surface area contributed by atoms with Gasteiger partial charge in [-0.3, -0.25) is 4.65 Å². The maximum absolute atomic E-state index is 12.1. The van der Waals surface area contributed by atoms with Crippen molar-refractivity contribution in [3.05, 3.63) is 40.6 Å². The highest BCUT2D eigenvalue weighted by Gasteiger charge is 2.29. The molecule has 1 unspecified atom stereocenters. The Morgan fingerprint density at radius 3 is 2.78 bits per heavy atom. The van der Waals surface area contributed by atoms with E-state index in [-0.39, 0.29) is 0 Å². The Morgan fingerprint density at radius 2 is 2.11 bits per heavy atom. The average molecular weight is 247 g/mol. The SMILES string of the molecule is CCOC(=O)c1ccc2c(c1)C=CC(=O)[N+]2(C)[O-]. The molecule has 0 aromatic heterocycles. The second kappa shape index (κ2) is 4.36. The lowest BCUT2D eigenvalue weighted by Gasteiger charge is -2.36. The molecule has 0 fully saturated rings. The molecule has 18 heavy (non-hydrogen) atoms. The molecule has 1 aromatic rings. The smallest absolute Gasteiger partial charge is 0.343 e. The van der Waals surface area contributed by atoms with Crippen LogP contribution < -0.4 is 4.65 Å². The first-order valence-electron chi connectivity index (χ1n) is 5.58. The number of fused-ring (bicyclic) bond motifs is 1. The molecule has 0 saturated heterocycles. The molecule has 5 nitrogen and oxygen atoms in total. The summed E-state index contributed by atoms with van der Waals surface area (Å²) in [5.74, 6) is -0.975. The number of quaternary nitrogens is 1. The predicted molar refractivity (Wildman–Crippen MR) is 67.5 cm³/mol. The fourth-order valence-corrected chi connectivity index (χ4v) is 1.84. The van der Waals surface area contributed by atoms with E-state index in [1.54, 1.807) is 13.0 Å². The molecule has 0 bridgehead atoms. The summed E-state index contributed by atoms with van der Waals surface area (Å²) in [6, 6.07) is 4.55. The van der Waals surface area contributed by atoms with Gasteiger partial charge in [-0.2, -0.15) is 0 Å². The maximum atomic E-state index is 12.1. The highest BCUT2D eigenvalue weighted by molar-refractivity contribution is 6.05. The summed E-state index contributed by atoms with van der Waals surface area (Å²) in [7, 11) is 1.27. The Balaban J connectivity index is 2.45. The van der Waals surface area contributed by atoms with Crippen LogP contribution in [-0.4, -0.2) is 25.5 Å². The second-order valence-corrected chi connectivity index (χ2v) is 4.09. The minimum absolute atomic E-state index is 0.291. The number of hydroxylamine groups is 2. The van der Waals surface area contributed by atoms with Crippen molar-refractivity contribution in [2.75, 3.05) is 13.7 Å².